The second kappa shape index (κ2) is 7.40. The molecule has 7 heteroatoms. The molecule has 0 aliphatic heterocycles. The Morgan fingerprint density at radius 2 is 1.96 bits per heavy atom. The second-order valence-corrected chi connectivity index (χ2v) is 6.90. The highest BCUT2D eigenvalue weighted by atomic mass is 35.5. The van der Waals surface area contributed by atoms with Crippen molar-refractivity contribution in [2.45, 2.75) is 26.9 Å². The number of aryl methyl sites for hydroxylation is 3. The zero-order chi connectivity index (χ0) is 19.7. The van der Waals surface area contributed by atoms with Crippen LogP contribution in [0.25, 0.3) is 10.9 Å². The molecule has 0 radical (unpaired) electrons. The van der Waals surface area contributed by atoms with Crippen molar-refractivity contribution in [2.24, 2.45) is 17.3 Å². The minimum absolute atomic E-state index is 0.0470. The number of benzene rings is 2. The van der Waals surface area contributed by atoms with Gasteiger partial charge in [-0.1, -0.05) is 23.2 Å². The van der Waals surface area contributed by atoms with Crippen molar-refractivity contribution in [3.05, 3.63) is 52.5 Å². The molecule has 0 saturated carbocycles. The van der Waals surface area contributed by atoms with E-state index in [1.54, 1.807) is 36.7 Å². The summed E-state index contributed by atoms with van der Waals surface area (Å²) in [4.78, 5) is 12.3. The summed E-state index contributed by atoms with van der Waals surface area (Å²) >= 11 is 5.93. The molecule has 0 spiro atoms. The molecule has 6 nitrogen and oxygen atoms in total. The number of fused-ring (bicyclic) bond motifs is 1. The van der Waals surface area contributed by atoms with E-state index in [1.807, 2.05) is 32.0 Å². The third-order valence-electron chi connectivity index (χ3n) is 4.34. The maximum Gasteiger partial charge on any atom is 0.304 e. The van der Waals surface area contributed by atoms with Crippen LogP contribution in [0.1, 0.15) is 18.1 Å². The summed E-state index contributed by atoms with van der Waals surface area (Å²) in [7, 11) is 1.73. The molecular weight excluding hydrogens is 366 g/mol. The van der Waals surface area contributed by atoms with E-state index in [2.05, 4.69) is 10.2 Å². The van der Waals surface area contributed by atoms with Gasteiger partial charge in [0.05, 0.1) is 5.52 Å². The van der Waals surface area contributed by atoms with Crippen LogP contribution in [0, 0.1) is 13.8 Å². The molecule has 1 heterocycles. The maximum absolute atomic E-state index is 12.3. The van der Waals surface area contributed by atoms with Gasteiger partial charge >= 0.3 is 5.91 Å². The molecule has 0 aliphatic rings. The van der Waals surface area contributed by atoms with Gasteiger partial charge in [0.25, 0.3) is 0 Å². The van der Waals surface area contributed by atoms with Crippen molar-refractivity contribution < 1.29 is 14.6 Å². The fraction of sp³-hybridized carbons (Fsp3) is 0.250. The Bertz CT molecular complexity index is 1060. The van der Waals surface area contributed by atoms with Gasteiger partial charge in [0.15, 0.2) is 11.8 Å². The fourth-order valence-electron chi connectivity index (χ4n) is 2.79. The normalized spacial score (nSPS) is 12.6. The Balaban J connectivity index is 1.83. The molecular formula is C20H20ClN3O3. The predicted molar refractivity (Wildman–Crippen MR) is 105 cm³/mol. The number of carbonyl (C=O) groups is 1. The van der Waals surface area contributed by atoms with Gasteiger partial charge in [0.2, 0.25) is 5.88 Å². The molecule has 0 fully saturated rings. The molecule has 3 aromatic rings. The van der Waals surface area contributed by atoms with Crippen molar-refractivity contribution in [1.29, 1.82) is 0 Å². The summed E-state index contributed by atoms with van der Waals surface area (Å²) in [5.74, 6) is -0.0400. The van der Waals surface area contributed by atoms with Crippen LogP contribution in [-0.2, 0) is 11.8 Å². The van der Waals surface area contributed by atoms with Crippen molar-refractivity contribution >= 4 is 34.1 Å². The Morgan fingerprint density at radius 3 is 2.67 bits per heavy atom. The van der Waals surface area contributed by atoms with Crippen LogP contribution in [0.4, 0.5) is 5.69 Å². The van der Waals surface area contributed by atoms with Crippen LogP contribution in [0.15, 0.2) is 46.6 Å². The Morgan fingerprint density at radius 1 is 1.22 bits per heavy atom. The van der Waals surface area contributed by atoms with Crippen LogP contribution in [0.3, 0.4) is 0 Å². The van der Waals surface area contributed by atoms with E-state index in [-0.39, 0.29) is 11.6 Å². The lowest BCUT2D eigenvalue weighted by molar-refractivity contribution is -0.124. The molecule has 1 amide bonds. The second-order valence-electron chi connectivity index (χ2n) is 6.46. The van der Waals surface area contributed by atoms with Gasteiger partial charge in [-0.3, -0.25) is 4.79 Å². The van der Waals surface area contributed by atoms with E-state index in [1.165, 1.54) is 0 Å². The highest BCUT2D eigenvalue weighted by molar-refractivity contribution is 6.30. The van der Waals surface area contributed by atoms with Gasteiger partial charge in [-0.15, -0.1) is 10.2 Å². The number of ether oxygens (including phenoxy) is 1. The first-order chi connectivity index (χ1) is 12.8. The molecule has 2 aromatic carbocycles. The number of hydrogen-bond acceptors (Lipinski definition) is 4. The van der Waals surface area contributed by atoms with E-state index >= 15 is 0 Å². The predicted octanol–water partition coefficient (Wildman–Crippen LogP) is 5.23. The number of aromatic hydroxyl groups is 1. The highest BCUT2D eigenvalue weighted by Gasteiger charge is 2.18. The Hall–Kier alpha value is -2.86. The van der Waals surface area contributed by atoms with Crippen LogP contribution >= 0.6 is 11.6 Å². The van der Waals surface area contributed by atoms with Gasteiger partial charge in [-0.25, -0.2) is 0 Å². The molecule has 3 rings (SSSR count). The number of carbonyl (C=O) groups excluding carboxylic acids is 1. The number of azo groups is 1. The molecule has 0 saturated heterocycles. The Labute approximate surface area is 162 Å². The molecule has 1 unspecified atom stereocenters. The van der Waals surface area contributed by atoms with E-state index < -0.39 is 12.0 Å². The molecule has 1 atom stereocenters. The van der Waals surface area contributed by atoms with Crippen molar-refractivity contribution in [3.63, 3.8) is 0 Å². The lowest BCUT2D eigenvalue weighted by atomic mass is 10.1. The van der Waals surface area contributed by atoms with E-state index in [4.69, 9.17) is 16.3 Å². The van der Waals surface area contributed by atoms with Crippen molar-refractivity contribution in [2.75, 3.05) is 0 Å². The van der Waals surface area contributed by atoms with Crippen LogP contribution in [0.2, 0.25) is 5.02 Å². The SMILES string of the molecule is Cc1ccc2c(c1)c(N=NC(=O)C(C)Oc1ccc(Cl)cc1C)c(O)n2C. The average molecular weight is 386 g/mol. The molecule has 140 valence electrons. The summed E-state index contributed by atoms with van der Waals surface area (Å²) < 4.78 is 7.26. The zero-order valence-corrected chi connectivity index (χ0v) is 16.3. The fourth-order valence-corrected chi connectivity index (χ4v) is 3.02. The topological polar surface area (TPSA) is 76.2 Å². The highest BCUT2D eigenvalue weighted by Crippen LogP contribution is 2.38. The summed E-state index contributed by atoms with van der Waals surface area (Å²) in [6.45, 7) is 5.39. The first kappa shape index (κ1) is 18.9. The van der Waals surface area contributed by atoms with Gasteiger partial charge in [0.1, 0.15) is 5.75 Å². The van der Waals surface area contributed by atoms with Gasteiger partial charge in [-0.05, 0) is 56.7 Å². The molecule has 0 bridgehead atoms. The van der Waals surface area contributed by atoms with Gasteiger partial charge in [0, 0.05) is 17.5 Å². The first-order valence-corrected chi connectivity index (χ1v) is 8.82. The number of amides is 1. The van der Waals surface area contributed by atoms with Gasteiger partial charge < -0.3 is 14.4 Å². The van der Waals surface area contributed by atoms with Crippen LogP contribution in [-0.4, -0.2) is 21.7 Å². The van der Waals surface area contributed by atoms with Crippen molar-refractivity contribution in [1.82, 2.24) is 4.57 Å². The number of halogens is 1. The maximum atomic E-state index is 12.3. The largest absolute Gasteiger partial charge is 0.493 e. The first-order valence-electron chi connectivity index (χ1n) is 8.44. The van der Waals surface area contributed by atoms with E-state index in [0.29, 0.717) is 10.8 Å². The van der Waals surface area contributed by atoms with Crippen molar-refractivity contribution in [3.8, 4) is 11.6 Å². The third kappa shape index (κ3) is 3.80. The van der Waals surface area contributed by atoms with E-state index in [9.17, 15) is 9.90 Å². The smallest absolute Gasteiger partial charge is 0.304 e. The summed E-state index contributed by atoms with van der Waals surface area (Å²) in [5, 5.41) is 19.4. The molecule has 1 aromatic heterocycles. The number of aromatic nitrogens is 1. The standard InChI is InChI=1S/C20H20ClN3O3/c1-11-5-7-16-15(9-11)18(20(26)24(16)4)22-23-19(25)13(3)27-17-8-6-14(21)10-12(17)2/h5-10,13,26H,1-4H3. The Kier molecular flexibility index (Phi) is 5.19. The van der Waals surface area contributed by atoms with Crippen LogP contribution in [0.5, 0.6) is 11.6 Å². The summed E-state index contributed by atoms with van der Waals surface area (Å²) in [6, 6.07) is 10.9. The van der Waals surface area contributed by atoms with Gasteiger partial charge in [-0.2, -0.15) is 0 Å². The molecule has 27 heavy (non-hydrogen) atoms. The molecule has 0 aliphatic carbocycles. The lowest BCUT2D eigenvalue weighted by Crippen LogP contribution is -2.21. The number of nitrogens with zero attached hydrogens (tertiary/aromatic N) is 3. The zero-order valence-electron chi connectivity index (χ0n) is 15.5. The number of rotatable bonds is 4. The number of hydrogen-bond donors (Lipinski definition) is 1. The third-order valence-corrected chi connectivity index (χ3v) is 4.57. The quantitative estimate of drug-likeness (QED) is 0.624. The monoisotopic (exact) mass is 385 g/mol. The average Bonchev–Trinajstić information content (AvgIpc) is 2.85. The molecule has 1 N–H and O–H groups in total. The van der Waals surface area contributed by atoms with Crippen LogP contribution < -0.4 is 4.74 Å². The van der Waals surface area contributed by atoms with E-state index in [0.717, 1.165) is 22.0 Å². The summed E-state index contributed by atoms with van der Waals surface area (Å²) in [5.41, 5.74) is 2.91. The lowest BCUT2D eigenvalue weighted by Gasteiger charge is -2.13. The minimum Gasteiger partial charge on any atom is -0.493 e. The minimum atomic E-state index is -0.826. The summed E-state index contributed by atoms with van der Waals surface area (Å²) in [6.07, 6.45) is -0.826.